The number of aliphatic imine (C=N–C) groups is 1. The van der Waals surface area contributed by atoms with Crippen LogP contribution < -0.4 is 10.6 Å². The Kier molecular flexibility index (Phi) is 12.0. The van der Waals surface area contributed by atoms with Crippen molar-refractivity contribution in [2.75, 3.05) is 60.5 Å². The predicted octanol–water partition coefficient (Wildman–Crippen LogP) is 2.57. The van der Waals surface area contributed by atoms with E-state index in [9.17, 15) is 4.39 Å². The summed E-state index contributed by atoms with van der Waals surface area (Å²) < 4.78 is 18.7. The molecule has 0 spiro atoms. The second-order valence-corrected chi connectivity index (χ2v) is 7.82. The van der Waals surface area contributed by atoms with Crippen molar-refractivity contribution in [1.82, 2.24) is 20.4 Å². The van der Waals surface area contributed by atoms with Crippen LogP contribution in [-0.4, -0.2) is 82.3 Å². The van der Waals surface area contributed by atoms with Crippen molar-refractivity contribution in [3.8, 4) is 0 Å². The average Bonchev–Trinajstić information content (AvgIpc) is 2.68. The van der Waals surface area contributed by atoms with Crippen LogP contribution >= 0.6 is 24.0 Å². The predicted molar refractivity (Wildman–Crippen MR) is 129 cm³/mol. The molecule has 1 fully saturated rings. The van der Waals surface area contributed by atoms with E-state index in [1.807, 2.05) is 26.2 Å². The summed E-state index contributed by atoms with van der Waals surface area (Å²) in [4.78, 5) is 9.00. The number of hydrogen-bond donors (Lipinski definition) is 2. The number of hydrogen-bond acceptors (Lipinski definition) is 4. The van der Waals surface area contributed by atoms with E-state index < -0.39 is 0 Å². The van der Waals surface area contributed by atoms with Gasteiger partial charge in [-0.15, -0.1) is 24.0 Å². The zero-order chi connectivity index (χ0) is 20.5. The Morgan fingerprint density at radius 1 is 1.14 bits per heavy atom. The zero-order valence-electron chi connectivity index (χ0n) is 18.3. The SMILES string of the molecule is CN=C(NCC(c1ccc(F)cc1)N(C)C)NCC(C(C)C)N1CCOCC1.I. The van der Waals surface area contributed by atoms with Crippen molar-refractivity contribution in [2.45, 2.75) is 25.9 Å². The van der Waals surface area contributed by atoms with Crippen LogP contribution in [0.1, 0.15) is 25.5 Å². The second-order valence-electron chi connectivity index (χ2n) is 7.82. The van der Waals surface area contributed by atoms with Gasteiger partial charge in [0.15, 0.2) is 5.96 Å². The number of likely N-dealkylation sites (N-methyl/N-ethyl adjacent to an activating group) is 1. The molecule has 6 nitrogen and oxygen atoms in total. The Morgan fingerprint density at radius 3 is 2.24 bits per heavy atom. The fourth-order valence-corrected chi connectivity index (χ4v) is 3.59. The minimum absolute atomic E-state index is 0. The number of morpholine rings is 1. The highest BCUT2D eigenvalue weighted by Gasteiger charge is 2.24. The molecule has 0 bridgehead atoms. The molecule has 0 saturated carbocycles. The first-order chi connectivity index (χ1) is 13.4. The molecule has 1 saturated heterocycles. The maximum absolute atomic E-state index is 13.2. The number of nitrogens with zero attached hydrogens (tertiary/aromatic N) is 3. The third kappa shape index (κ3) is 8.35. The van der Waals surface area contributed by atoms with Gasteiger partial charge in [0.05, 0.1) is 19.3 Å². The molecule has 8 heteroatoms. The average molecular weight is 521 g/mol. The van der Waals surface area contributed by atoms with E-state index in [1.165, 1.54) is 12.1 Å². The van der Waals surface area contributed by atoms with Crippen molar-refractivity contribution < 1.29 is 9.13 Å². The first-order valence-electron chi connectivity index (χ1n) is 10.1. The van der Waals surface area contributed by atoms with Gasteiger partial charge < -0.3 is 20.3 Å². The molecule has 29 heavy (non-hydrogen) atoms. The number of halogens is 2. The van der Waals surface area contributed by atoms with Crippen molar-refractivity contribution in [3.63, 3.8) is 0 Å². The third-order valence-electron chi connectivity index (χ3n) is 5.33. The Hall–Kier alpha value is -0.970. The van der Waals surface area contributed by atoms with Gasteiger partial charge in [-0.3, -0.25) is 9.89 Å². The molecular formula is C21H37FIN5O. The smallest absolute Gasteiger partial charge is 0.191 e. The second kappa shape index (κ2) is 13.4. The molecule has 2 rings (SSSR count). The quantitative estimate of drug-likeness (QED) is 0.313. The van der Waals surface area contributed by atoms with Crippen LogP contribution in [0, 0.1) is 11.7 Å². The summed E-state index contributed by atoms with van der Waals surface area (Å²) in [5.41, 5.74) is 1.07. The number of rotatable bonds is 8. The summed E-state index contributed by atoms with van der Waals surface area (Å²) >= 11 is 0. The maximum atomic E-state index is 13.2. The Morgan fingerprint density at radius 2 is 1.72 bits per heavy atom. The van der Waals surface area contributed by atoms with Crippen LogP contribution in [0.25, 0.3) is 0 Å². The Bertz CT molecular complexity index is 606. The zero-order valence-corrected chi connectivity index (χ0v) is 20.7. The highest BCUT2D eigenvalue weighted by molar-refractivity contribution is 14.0. The number of nitrogens with one attached hydrogen (secondary N) is 2. The lowest BCUT2D eigenvalue weighted by Crippen LogP contribution is -2.53. The van der Waals surface area contributed by atoms with E-state index in [0.717, 1.165) is 44.4 Å². The standard InChI is InChI=1S/C21H36FN5O.HI/c1-16(2)19(27-10-12-28-13-11-27)14-24-21(23-3)25-15-20(26(4)5)17-6-8-18(22)9-7-17;/h6-9,16,19-20H,10-15H2,1-5H3,(H2,23,24,25);1H. The van der Waals surface area contributed by atoms with Crippen LogP contribution in [0.15, 0.2) is 29.3 Å². The van der Waals surface area contributed by atoms with Gasteiger partial charge in [-0.25, -0.2) is 4.39 Å². The van der Waals surface area contributed by atoms with Gasteiger partial charge in [-0.2, -0.15) is 0 Å². The van der Waals surface area contributed by atoms with Crippen LogP contribution in [-0.2, 0) is 4.74 Å². The molecule has 2 N–H and O–H groups in total. The molecule has 166 valence electrons. The fourth-order valence-electron chi connectivity index (χ4n) is 3.59. The topological polar surface area (TPSA) is 52.1 Å². The lowest BCUT2D eigenvalue weighted by atomic mass is 10.0. The number of guanidine groups is 1. The molecule has 1 aromatic carbocycles. The molecule has 1 aliphatic heterocycles. The number of benzene rings is 1. The van der Waals surface area contributed by atoms with Gasteiger partial charge >= 0.3 is 0 Å². The molecule has 2 unspecified atom stereocenters. The summed E-state index contributed by atoms with van der Waals surface area (Å²) in [6.45, 7) is 9.59. The number of ether oxygens (including phenoxy) is 1. The van der Waals surface area contributed by atoms with Gasteiger partial charge in [0.25, 0.3) is 0 Å². The highest BCUT2D eigenvalue weighted by Crippen LogP contribution is 2.18. The van der Waals surface area contributed by atoms with E-state index in [1.54, 1.807) is 7.05 Å². The molecule has 1 aromatic rings. The van der Waals surface area contributed by atoms with Crippen LogP contribution in [0.4, 0.5) is 4.39 Å². The normalized spacial score (nSPS) is 17.7. The largest absolute Gasteiger partial charge is 0.379 e. The molecule has 0 radical (unpaired) electrons. The molecule has 1 heterocycles. The van der Waals surface area contributed by atoms with Crippen LogP contribution in [0.2, 0.25) is 0 Å². The molecule has 2 atom stereocenters. The van der Waals surface area contributed by atoms with E-state index in [0.29, 0.717) is 18.5 Å². The van der Waals surface area contributed by atoms with Crippen LogP contribution in [0.3, 0.4) is 0 Å². The fraction of sp³-hybridized carbons (Fsp3) is 0.667. The van der Waals surface area contributed by atoms with E-state index in [4.69, 9.17) is 4.74 Å². The summed E-state index contributed by atoms with van der Waals surface area (Å²) in [6.07, 6.45) is 0. The Balaban J connectivity index is 0.00000420. The van der Waals surface area contributed by atoms with Crippen LogP contribution in [0.5, 0.6) is 0 Å². The summed E-state index contributed by atoms with van der Waals surface area (Å²) in [5.74, 6) is 1.11. The van der Waals surface area contributed by atoms with Gasteiger partial charge in [0, 0.05) is 39.3 Å². The molecule has 0 amide bonds. The summed E-state index contributed by atoms with van der Waals surface area (Å²) in [6, 6.07) is 7.25. The molecule has 1 aliphatic rings. The maximum Gasteiger partial charge on any atom is 0.191 e. The van der Waals surface area contributed by atoms with Gasteiger partial charge in [0.1, 0.15) is 5.82 Å². The Labute approximate surface area is 192 Å². The van der Waals surface area contributed by atoms with Crippen molar-refractivity contribution in [3.05, 3.63) is 35.6 Å². The summed E-state index contributed by atoms with van der Waals surface area (Å²) in [7, 11) is 5.84. The van der Waals surface area contributed by atoms with E-state index in [2.05, 4.69) is 39.3 Å². The third-order valence-corrected chi connectivity index (χ3v) is 5.33. The van der Waals surface area contributed by atoms with Gasteiger partial charge in [0.2, 0.25) is 0 Å². The lowest BCUT2D eigenvalue weighted by molar-refractivity contribution is 0.00752. The first-order valence-corrected chi connectivity index (χ1v) is 10.1. The highest BCUT2D eigenvalue weighted by atomic mass is 127. The summed E-state index contributed by atoms with van der Waals surface area (Å²) in [5, 5.41) is 6.90. The van der Waals surface area contributed by atoms with Crippen molar-refractivity contribution in [2.24, 2.45) is 10.9 Å². The van der Waals surface area contributed by atoms with Gasteiger partial charge in [-0.05, 0) is 37.7 Å². The van der Waals surface area contributed by atoms with Gasteiger partial charge in [-0.1, -0.05) is 26.0 Å². The first kappa shape index (κ1) is 26.1. The van der Waals surface area contributed by atoms with E-state index in [-0.39, 0.29) is 35.8 Å². The lowest BCUT2D eigenvalue weighted by Gasteiger charge is -2.37. The van der Waals surface area contributed by atoms with Crippen molar-refractivity contribution in [1.29, 1.82) is 0 Å². The minimum Gasteiger partial charge on any atom is -0.379 e. The van der Waals surface area contributed by atoms with Crippen molar-refractivity contribution >= 4 is 29.9 Å². The monoisotopic (exact) mass is 521 g/mol. The molecule has 0 aliphatic carbocycles. The molecular weight excluding hydrogens is 484 g/mol. The minimum atomic E-state index is -0.213. The van der Waals surface area contributed by atoms with E-state index >= 15 is 0 Å². The molecule has 0 aromatic heterocycles.